The highest BCUT2D eigenvalue weighted by atomic mass is 19.1. The minimum atomic E-state index is -0.708. The maximum absolute atomic E-state index is 14.1. The van der Waals surface area contributed by atoms with E-state index < -0.39 is 17.7 Å². The van der Waals surface area contributed by atoms with E-state index in [1.54, 1.807) is 15.7 Å². The third-order valence-corrected chi connectivity index (χ3v) is 8.16. The van der Waals surface area contributed by atoms with Crippen molar-refractivity contribution in [2.24, 2.45) is 0 Å². The molecular weight excluding hydrogens is 518 g/mol. The molecule has 3 aliphatic rings. The van der Waals surface area contributed by atoms with Crippen molar-refractivity contribution in [1.82, 2.24) is 19.7 Å². The highest BCUT2D eigenvalue weighted by Gasteiger charge is 2.48. The number of piperidine rings is 1. The zero-order chi connectivity index (χ0) is 27.8. The lowest BCUT2D eigenvalue weighted by Crippen LogP contribution is -2.69. The number of rotatable bonds is 6. The number of hydrogen-bond donors (Lipinski definition) is 1. The minimum Gasteiger partial charge on any atom is -0.483 e. The van der Waals surface area contributed by atoms with Crippen LogP contribution in [-0.4, -0.2) is 51.0 Å². The number of amides is 2. The molecule has 1 unspecified atom stereocenters. The van der Waals surface area contributed by atoms with Crippen LogP contribution in [0.25, 0.3) is 0 Å². The predicted octanol–water partition coefficient (Wildman–Crippen LogP) is 3.43. The first kappa shape index (κ1) is 26.2. The zero-order valence-corrected chi connectivity index (χ0v) is 21.9. The quantitative estimate of drug-likeness (QED) is 0.511. The second-order valence-corrected chi connectivity index (χ2v) is 10.6. The van der Waals surface area contributed by atoms with Crippen LogP contribution in [0.5, 0.6) is 5.75 Å². The first-order valence-electron chi connectivity index (χ1n) is 13.6. The largest absolute Gasteiger partial charge is 0.483 e. The van der Waals surface area contributed by atoms with E-state index >= 15 is 0 Å². The molecule has 2 fully saturated rings. The summed E-state index contributed by atoms with van der Waals surface area (Å²) in [6.07, 6.45) is 4.33. The van der Waals surface area contributed by atoms with Gasteiger partial charge in [-0.1, -0.05) is 36.4 Å². The van der Waals surface area contributed by atoms with E-state index in [1.165, 1.54) is 12.1 Å². The highest BCUT2D eigenvalue weighted by Crippen LogP contribution is 2.36. The van der Waals surface area contributed by atoms with E-state index in [4.69, 9.17) is 4.74 Å². The first-order chi connectivity index (χ1) is 19.4. The summed E-state index contributed by atoms with van der Waals surface area (Å²) < 4.78 is 35.1. The molecule has 1 aromatic heterocycles. The van der Waals surface area contributed by atoms with Crippen LogP contribution in [0.3, 0.4) is 0 Å². The summed E-state index contributed by atoms with van der Waals surface area (Å²) in [4.78, 5) is 43.9. The average molecular weight is 549 g/mol. The van der Waals surface area contributed by atoms with Crippen molar-refractivity contribution in [3.63, 3.8) is 0 Å². The van der Waals surface area contributed by atoms with Crippen LogP contribution < -0.4 is 15.5 Å². The molecule has 3 aromatic rings. The minimum absolute atomic E-state index is 0.0335. The fourth-order valence-corrected chi connectivity index (χ4v) is 6.21. The second-order valence-electron chi connectivity index (χ2n) is 10.6. The number of nitrogens with zero attached hydrogens (tertiary/aromatic N) is 3. The third-order valence-electron chi connectivity index (χ3n) is 8.16. The number of benzene rings is 2. The number of carbonyl (C=O) groups is 2. The van der Waals surface area contributed by atoms with Gasteiger partial charge in [-0.2, -0.15) is 0 Å². The molecule has 2 aromatic carbocycles. The molecule has 0 bridgehead atoms. The van der Waals surface area contributed by atoms with Crippen molar-refractivity contribution in [3.8, 4) is 5.75 Å². The van der Waals surface area contributed by atoms with Gasteiger partial charge in [-0.25, -0.2) is 8.78 Å². The summed E-state index contributed by atoms with van der Waals surface area (Å²) in [6.45, 7) is 1.01. The molecule has 40 heavy (non-hydrogen) atoms. The molecule has 8 nitrogen and oxygen atoms in total. The maximum atomic E-state index is 14.1. The number of nitrogens with one attached hydrogen (secondary N) is 1. The number of halogens is 2. The van der Waals surface area contributed by atoms with Gasteiger partial charge >= 0.3 is 0 Å². The zero-order valence-electron chi connectivity index (χ0n) is 21.9. The molecule has 208 valence electrons. The molecule has 1 N–H and O–H groups in total. The fraction of sp³-hybridized carbons (Fsp3) is 0.367. The van der Waals surface area contributed by atoms with E-state index in [0.29, 0.717) is 25.9 Å². The maximum Gasteiger partial charge on any atom is 0.275 e. The van der Waals surface area contributed by atoms with Gasteiger partial charge < -0.3 is 19.5 Å². The monoisotopic (exact) mass is 548 g/mol. The number of pyridine rings is 1. The molecule has 4 heterocycles. The summed E-state index contributed by atoms with van der Waals surface area (Å²) in [5.41, 5.74) is 0.959. The van der Waals surface area contributed by atoms with Crippen molar-refractivity contribution < 1.29 is 23.1 Å². The summed E-state index contributed by atoms with van der Waals surface area (Å²) >= 11 is 0. The number of ether oxygens (including phenoxy) is 1. The van der Waals surface area contributed by atoms with Crippen molar-refractivity contribution in [3.05, 3.63) is 99.5 Å². The molecule has 0 spiro atoms. The molecule has 2 amide bonds. The number of aromatic nitrogens is 1. The van der Waals surface area contributed by atoms with Gasteiger partial charge in [0.25, 0.3) is 5.91 Å². The molecule has 0 aliphatic carbocycles. The second kappa shape index (κ2) is 10.8. The Morgan fingerprint density at radius 1 is 1.02 bits per heavy atom. The first-order valence-corrected chi connectivity index (χ1v) is 13.6. The van der Waals surface area contributed by atoms with E-state index in [1.807, 2.05) is 30.3 Å². The van der Waals surface area contributed by atoms with Gasteiger partial charge in [0.1, 0.15) is 24.4 Å². The number of fused-ring (bicyclic) bond motifs is 4. The van der Waals surface area contributed by atoms with Gasteiger partial charge in [0.15, 0.2) is 11.4 Å². The lowest BCUT2D eigenvalue weighted by Gasteiger charge is -2.54. The highest BCUT2D eigenvalue weighted by molar-refractivity contribution is 5.96. The van der Waals surface area contributed by atoms with Gasteiger partial charge in [-0.3, -0.25) is 19.3 Å². The van der Waals surface area contributed by atoms with E-state index in [9.17, 15) is 23.2 Å². The summed E-state index contributed by atoms with van der Waals surface area (Å²) in [5, 5.41) is 2.82. The Hall–Kier alpha value is -4.05. The van der Waals surface area contributed by atoms with Gasteiger partial charge in [0, 0.05) is 43.0 Å². The Morgan fingerprint density at radius 3 is 2.65 bits per heavy atom. The standard InChI is InChI=1S/C30H30F2N4O4/c31-21-10-9-20(23(32)15-21)16-33-29(38)24-8-4-7-22-11-14-35-26(36(22)24)17-34-13-12-25(37)28(27(34)30(35)39)40-18-19-5-2-1-3-6-19/h1-3,5-6,9-10,12-13,15,22,24,26H,4,7-8,11,14,16-18H2,(H,33,38)/t22-,24-,26?/m0/s1. The van der Waals surface area contributed by atoms with E-state index in [0.717, 1.165) is 30.5 Å². The van der Waals surface area contributed by atoms with Crippen LogP contribution in [0.1, 0.15) is 47.3 Å². The van der Waals surface area contributed by atoms with Crippen LogP contribution in [0, 0.1) is 11.6 Å². The molecule has 0 radical (unpaired) electrons. The van der Waals surface area contributed by atoms with Gasteiger partial charge in [-0.15, -0.1) is 0 Å². The van der Waals surface area contributed by atoms with E-state index in [2.05, 4.69) is 10.2 Å². The summed E-state index contributed by atoms with van der Waals surface area (Å²) in [5.74, 6) is -1.89. The van der Waals surface area contributed by atoms with Crippen molar-refractivity contribution in [2.75, 3.05) is 6.54 Å². The van der Waals surface area contributed by atoms with E-state index in [-0.39, 0.29) is 59.6 Å². The van der Waals surface area contributed by atoms with Crippen LogP contribution in [-0.2, 0) is 24.5 Å². The lowest BCUT2D eigenvalue weighted by molar-refractivity contribution is -0.139. The van der Waals surface area contributed by atoms with Crippen molar-refractivity contribution >= 4 is 11.8 Å². The SMILES string of the molecule is O=C(NCc1ccc(F)cc1F)[C@@H]1CCC[C@H]2CCN3C(=O)c4c(OCc5ccccc5)c(=O)ccn4CC3N21. The normalized spacial score (nSPS) is 22.2. The van der Waals surface area contributed by atoms with Gasteiger partial charge in [0.05, 0.1) is 12.6 Å². The van der Waals surface area contributed by atoms with Crippen LogP contribution in [0.15, 0.2) is 65.6 Å². The molecule has 3 aliphatic heterocycles. The Morgan fingerprint density at radius 2 is 1.85 bits per heavy atom. The molecule has 0 saturated carbocycles. The average Bonchev–Trinajstić information content (AvgIpc) is 2.96. The number of hydrogen-bond acceptors (Lipinski definition) is 5. The van der Waals surface area contributed by atoms with Crippen molar-refractivity contribution in [2.45, 2.75) is 63.6 Å². The Bertz CT molecular complexity index is 1490. The topological polar surface area (TPSA) is 83.9 Å². The third kappa shape index (κ3) is 4.88. The molecule has 3 atom stereocenters. The molecule has 10 heteroatoms. The Balaban J connectivity index is 1.24. The molecule has 6 rings (SSSR count). The Labute approximate surface area is 230 Å². The van der Waals surface area contributed by atoms with Crippen LogP contribution in [0.4, 0.5) is 8.78 Å². The molecular formula is C30H30F2N4O4. The summed E-state index contributed by atoms with van der Waals surface area (Å²) in [7, 11) is 0. The van der Waals surface area contributed by atoms with Gasteiger partial charge in [0.2, 0.25) is 11.3 Å². The van der Waals surface area contributed by atoms with Crippen molar-refractivity contribution in [1.29, 1.82) is 0 Å². The Kier molecular flexibility index (Phi) is 7.10. The van der Waals surface area contributed by atoms with Crippen LogP contribution in [0.2, 0.25) is 0 Å². The smallest absolute Gasteiger partial charge is 0.275 e. The summed E-state index contributed by atoms with van der Waals surface area (Å²) in [6, 6.07) is 13.8. The number of carbonyl (C=O) groups excluding carboxylic acids is 2. The molecule has 2 saturated heterocycles. The fourth-order valence-electron chi connectivity index (χ4n) is 6.21. The predicted molar refractivity (Wildman–Crippen MR) is 142 cm³/mol. The van der Waals surface area contributed by atoms with Gasteiger partial charge in [-0.05, 0) is 37.3 Å². The lowest BCUT2D eigenvalue weighted by atomic mass is 9.89. The van der Waals surface area contributed by atoms with Crippen LogP contribution >= 0.6 is 0 Å².